The molecule has 5 aromatic heterocycles. The van der Waals surface area contributed by atoms with E-state index in [1.807, 2.05) is 25.2 Å². The number of carbonyl (C=O) groups excluding carboxylic acids is 2. The Bertz CT molecular complexity index is 1800. The van der Waals surface area contributed by atoms with Crippen LogP contribution in [0.4, 0.5) is 0 Å². The Balaban J connectivity index is 1.71. The Kier molecular flexibility index (Phi) is 10.1. The molecule has 11 heteroatoms. The van der Waals surface area contributed by atoms with Crippen LogP contribution in [-0.4, -0.2) is 41.3 Å². The molecule has 0 unspecified atom stereocenters. The molecule has 0 fully saturated rings. The summed E-state index contributed by atoms with van der Waals surface area (Å²) in [4.78, 5) is 31.1. The minimum absolute atomic E-state index is 0.290. The van der Waals surface area contributed by atoms with Crippen LogP contribution in [0.25, 0.3) is 38.3 Å². The van der Waals surface area contributed by atoms with Crippen LogP contribution in [0.5, 0.6) is 0 Å². The van der Waals surface area contributed by atoms with Crippen LogP contribution >= 0.6 is 56.7 Å². The lowest BCUT2D eigenvalue weighted by atomic mass is 10.2. The molecular weight excluding hydrogens is 689 g/mol. The van der Waals surface area contributed by atoms with Crippen LogP contribution in [-0.2, 0) is 9.47 Å². The normalized spacial score (nSPS) is 12.8. The summed E-state index contributed by atoms with van der Waals surface area (Å²) >= 11 is 8.51. The van der Waals surface area contributed by atoms with Crippen molar-refractivity contribution >= 4 is 113 Å². The molecule has 0 radical (unpaired) electrons. The number of fused-ring (bicyclic) bond motifs is 2. The predicted octanol–water partition coefficient (Wildman–Crippen LogP) is 11.4. The minimum atomic E-state index is -1.77. The van der Waals surface area contributed by atoms with Crippen molar-refractivity contribution in [1.82, 2.24) is 0 Å². The molecule has 0 N–H and O–H groups in total. The molecule has 0 aliphatic heterocycles. The minimum Gasteiger partial charge on any atom is -0.462 e. The first-order chi connectivity index (χ1) is 21.2. The Morgan fingerprint density at radius 3 is 1.56 bits per heavy atom. The van der Waals surface area contributed by atoms with Gasteiger partial charge in [0.1, 0.15) is 8.07 Å². The van der Waals surface area contributed by atoms with Crippen LogP contribution in [0.3, 0.4) is 0 Å². The first-order valence-electron chi connectivity index (χ1n) is 15.7. The van der Waals surface area contributed by atoms with E-state index in [1.54, 1.807) is 27.2 Å². The van der Waals surface area contributed by atoms with Gasteiger partial charge in [0.25, 0.3) is 0 Å². The van der Waals surface area contributed by atoms with Gasteiger partial charge in [-0.05, 0) is 57.7 Å². The predicted molar refractivity (Wildman–Crippen MR) is 207 cm³/mol. The van der Waals surface area contributed by atoms with Gasteiger partial charge >= 0.3 is 11.9 Å². The highest BCUT2D eigenvalue weighted by atomic mass is 32.1. The second-order valence-electron chi connectivity index (χ2n) is 13.5. The fraction of sp³-hybridized carbons (Fsp3) is 0.471. The van der Waals surface area contributed by atoms with Crippen LogP contribution < -0.4 is 9.00 Å². The molecule has 0 saturated carbocycles. The Hall–Kier alpha value is -1.61. The van der Waals surface area contributed by atoms with Crippen molar-refractivity contribution in [3.8, 4) is 19.5 Å². The Morgan fingerprint density at radius 2 is 1.13 bits per heavy atom. The van der Waals surface area contributed by atoms with Crippen molar-refractivity contribution in [3.63, 3.8) is 0 Å². The summed E-state index contributed by atoms with van der Waals surface area (Å²) in [7, 11) is -3.30. The topological polar surface area (TPSA) is 52.6 Å². The maximum atomic E-state index is 13.7. The third-order valence-electron chi connectivity index (χ3n) is 8.77. The van der Waals surface area contributed by atoms with Crippen molar-refractivity contribution < 1.29 is 19.1 Å². The third-order valence-corrected chi connectivity index (χ3v) is 26.6. The molecule has 0 amide bonds. The molecule has 4 nitrogen and oxygen atoms in total. The summed E-state index contributed by atoms with van der Waals surface area (Å²) in [5.74, 6) is -0.668. The van der Waals surface area contributed by atoms with E-state index in [0.29, 0.717) is 34.4 Å². The summed E-state index contributed by atoms with van der Waals surface area (Å²) in [6.45, 7) is 25.7. The zero-order valence-corrected chi connectivity index (χ0v) is 34.2. The molecule has 0 spiro atoms. The number of hydrogen-bond acceptors (Lipinski definition) is 9. The number of esters is 2. The average molecular weight is 733 g/mol. The molecule has 5 aromatic rings. The number of thiophene rings is 5. The van der Waals surface area contributed by atoms with Crippen LogP contribution in [0, 0.1) is 0 Å². The number of ether oxygens (including phenoxy) is 2. The maximum Gasteiger partial charge on any atom is 0.341 e. The monoisotopic (exact) mass is 732 g/mol. The zero-order valence-electron chi connectivity index (χ0n) is 28.1. The van der Waals surface area contributed by atoms with Crippen molar-refractivity contribution in [2.75, 3.05) is 13.2 Å². The summed E-state index contributed by atoms with van der Waals surface area (Å²) in [5, 5.41) is 0. The van der Waals surface area contributed by atoms with E-state index in [-0.39, 0.29) is 18.5 Å². The first-order valence-corrected chi connectivity index (χ1v) is 25.6. The lowest BCUT2D eigenvalue weighted by Crippen LogP contribution is -2.54. The van der Waals surface area contributed by atoms with Gasteiger partial charge in [-0.3, -0.25) is 0 Å². The summed E-state index contributed by atoms with van der Waals surface area (Å²) in [5.41, 5.74) is 3.08. The first kappa shape index (κ1) is 34.7. The van der Waals surface area contributed by atoms with E-state index in [1.165, 1.54) is 36.6 Å². The lowest BCUT2D eigenvalue weighted by Gasteiger charge is -2.42. The SMILES string of the molecule is CCOC(=O)c1c(-c2ccc([Si](C)(C)C)s2)sc2c(C(=O)OCC)c(-c3cc4sc([Si](C(C)C)(C(C)C)C(C)C)cc4s3)sc12. The van der Waals surface area contributed by atoms with E-state index >= 15 is 0 Å². The van der Waals surface area contributed by atoms with Gasteiger partial charge in [-0.1, -0.05) is 67.2 Å². The second kappa shape index (κ2) is 13.1. The number of carbonyl (C=O) groups is 2. The third kappa shape index (κ3) is 6.00. The van der Waals surface area contributed by atoms with Gasteiger partial charge in [0.15, 0.2) is 0 Å². The van der Waals surface area contributed by atoms with Crippen molar-refractivity contribution in [2.24, 2.45) is 0 Å². The fourth-order valence-corrected chi connectivity index (χ4v) is 24.4. The highest BCUT2D eigenvalue weighted by molar-refractivity contribution is 7.39. The molecule has 45 heavy (non-hydrogen) atoms. The zero-order chi connectivity index (χ0) is 33.0. The van der Waals surface area contributed by atoms with Gasteiger partial charge in [0.05, 0.1) is 51.6 Å². The molecule has 0 bridgehead atoms. The molecular formula is C34H44O4S5Si2. The quantitative estimate of drug-likeness (QED) is 0.100. The largest absolute Gasteiger partial charge is 0.462 e. The van der Waals surface area contributed by atoms with Gasteiger partial charge in [-0.15, -0.1) is 56.7 Å². The lowest BCUT2D eigenvalue weighted by molar-refractivity contribution is 0.0519. The molecule has 5 rings (SSSR count). The summed E-state index contributed by atoms with van der Waals surface area (Å²) in [6.07, 6.45) is 0. The molecule has 0 atom stereocenters. The van der Waals surface area contributed by atoms with E-state index in [4.69, 9.17) is 9.47 Å². The van der Waals surface area contributed by atoms with E-state index in [0.717, 1.165) is 28.9 Å². The molecule has 5 heterocycles. The van der Waals surface area contributed by atoms with Gasteiger partial charge in [0, 0.05) is 19.2 Å². The molecule has 0 aromatic carbocycles. The number of rotatable bonds is 11. The van der Waals surface area contributed by atoms with Gasteiger partial charge in [-0.2, -0.15) is 0 Å². The van der Waals surface area contributed by atoms with Gasteiger partial charge < -0.3 is 9.47 Å². The molecule has 242 valence electrons. The maximum absolute atomic E-state index is 13.7. The smallest absolute Gasteiger partial charge is 0.341 e. The van der Waals surface area contributed by atoms with E-state index < -0.39 is 16.1 Å². The summed E-state index contributed by atoms with van der Waals surface area (Å²) < 4.78 is 18.4. The van der Waals surface area contributed by atoms with Crippen molar-refractivity contribution in [1.29, 1.82) is 0 Å². The fourth-order valence-electron chi connectivity index (χ4n) is 6.94. The second-order valence-corrected chi connectivity index (χ2v) is 30.4. The molecule has 0 aliphatic rings. The van der Waals surface area contributed by atoms with E-state index in [9.17, 15) is 9.59 Å². The van der Waals surface area contributed by atoms with Gasteiger partial charge in [-0.25, -0.2) is 9.59 Å². The van der Waals surface area contributed by atoms with Crippen molar-refractivity contribution in [3.05, 3.63) is 35.4 Å². The number of hydrogen-bond donors (Lipinski definition) is 0. The highest BCUT2D eigenvalue weighted by Gasteiger charge is 2.45. The Morgan fingerprint density at radius 1 is 0.644 bits per heavy atom. The van der Waals surface area contributed by atoms with Crippen LogP contribution in [0.2, 0.25) is 36.3 Å². The summed E-state index contributed by atoms with van der Waals surface area (Å²) in [6, 6.07) is 9.04. The van der Waals surface area contributed by atoms with Gasteiger partial charge in [0.2, 0.25) is 0 Å². The van der Waals surface area contributed by atoms with E-state index in [2.05, 4.69) is 85.4 Å². The van der Waals surface area contributed by atoms with Crippen molar-refractivity contribution in [2.45, 2.75) is 91.7 Å². The highest BCUT2D eigenvalue weighted by Crippen LogP contribution is 2.52. The average Bonchev–Trinajstić information content (AvgIpc) is 3.72. The van der Waals surface area contributed by atoms with Crippen LogP contribution in [0.15, 0.2) is 24.3 Å². The van der Waals surface area contributed by atoms with Crippen LogP contribution in [0.1, 0.15) is 76.1 Å². The molecule has 0 saturated heterocycles. The standard InChI is InChI=1S/C34H44O4S5Si2/c1-12-37-33(35)27-29(21-14-15-25(40-21)44(9,10)11)42-32-28(34(36)38-13-2)30(43-31(27)32)24-16-22-23(39-24)17-26(41-22)45(18(3)4,19(5)6)20(7)8/h14-20H,12-13H2,1-11H3. The Labute approximate surface area is 289 Å². The molecule has 0 aliphatic carbocycles.